The van der Waals surface area contributed by atoms with Gasteiger partial charge in [0.1, 0.15) is 5.78 Å². The fourth-order valence-electron chi connectivity index (χ4n) is 2.84. The lowest BCUT2D eigenvalue weighted by molar-refractivity contribution is -0.117. The van der Waals surface area contributed by atoms with E-state index >= 15 is 0 Å². The first kappa shape index (κ1) is 11.1. The maximum atomic E-state index is 11.3. The predicted octanol–water partition coefficient (Wildman–Crippen LogP) is 1.13. The zero-order chi connectivity index (χ0) is 10.8. The maximum Gasteiger partial charge on any atom is 0.134 e. The molecule has 0 bridgehead atoms. The molecule has 2 fully saturated rings. The van der Waals surface area contributed by atoms with E-state index in [0.717, 1.165) is 25.8 Å². The lowest BCUT2D eigenvalue weighted by Gasteiger charge is -2.39. The molecule has 0 radical (unpaired) electrons. The molecule has 2 unspecified atom stereocenters. The van der Waals surface area contributed by atoms with E-state index in [-0.39, 0.29) is 0 Å². The number of rotatable bonds is 2. The molecule has 2 atom stereocenters. The molecule has 0 aromatic heterocycles. The Hall–Kier alpha value is -0.410. The van der Waals surface area contributed by atoms with Gasteiger partial charge in [0.2, 0.25) is 0 Å². The summed E-state index contributed by atoms with van der Waals surface area (Å²) in [6, 6.07) is 1.25. The Balaban J connectivity index is 1.89. The van der Waals surface area contributed by atoms with Crippen LogP contribution in [0.25, 0.3) is 0 Å². The molecule has 86 valence electrons. The lowest BCUT2D eigenvalue weighted by atomic mass is 10.0. The van der Waals surface area contributed by atoms with Crippen molar-refractivity contribution in [2.45, 2.75) is 44.2 Å². The molecule has 0 aromatic rings. The average Bonchev–Trinajstić information content (AvgIpc) is 2.65. The third kappa shape index (κ3) is 2.58. The van der Waals surface area contributed by atoms with Gasteiger partial charge < -0.3 is 4.90 Å². The summed E-state index contributed by atoms with van der Waals surface area (Å²) in [6.07, 6.45) is 5.31. The monoisotopic (exact) mass is 210 g/mol. The van der Waals surface area contributed by atoms with Crippen molar-refractivity contribution in [2.24, 2.45) is 0 Å². The molecule has 0 aromatic carbocycles. The van der Waals surface area contributed by atoms with Gasteiger partial charge in [-0.2, -0.15) is 0 Å². The number of carbonyl (C=O) groups excluding carboxylic acids is 1. The largest absolute Gasteiger partial charge is 0.305 e. The second-order valence-electron chi connectivity index (χ2n) is 5.19. The van der Waals surface area contributed by atoms with Crippen LogP contribution < -0.4 is 0 Å². The normalized spacial score (nSPS) is 33.9. The number of Topliss-reactive ketones (excluding diaryl/α,β-unsaturated/α-hetero) is 1. The van der Waals surface area contributed by atoms with E-state index < -0.39 is 0 Å². The summed E-state index contributed by atoms with van der Waals surface area (Å²) < 4.78 is 0. The number of ketones is 1. The summed E-state index contributed by atoms with van der Waals surface area (Å²) in [4.78, 5) is 16.1. The Bertz CT molecular complexity index is 240. The molecule has 1 saturated carbocycles. The molecule has 3 heteroatoms. The molecule has 1 aliphatic heterocycles. The van der Waals surface area contributed by atoms with E-state index in [9.17, 15) is 4.79 Å². The van der Waals surface area contributed by atoms with E-state index in [1.165, 1.54) is 19.4 Å². The quantitative estimate of drug-likeness (QED) is 0.683. The van der Waals surface area contributed by atoms with Gasteiger partial charge in [0.05, 0.1) is 0 Å². The van der Waals surface area contributed by atoms with Crippen molar-refractivity contribution in [1.82, 2.24) is 9.80 Å². The highest BCUT2D eigenvalue weighted by Gasteiger charge is 2.31. The van der Waals surface area contributed by atoms with Crippen molar-refractivity contribution >= 4 is 5.78 Å². The second-order valence-corrected chi connectivity index (χ2v) is 5.19. The minimum Gasteiger partial charge on any atom is -0.305 e. The third-order valence-electron chi connectivity index (χ3n) is 3.89. The molecule has 15 heavy (non-hydrogen) atoms. The Morgan fingerprint density at radius 2 is 2.13 bits per heavy atom. The van der Waals surface area contributed by atoms with Gasteiger partial charge >= 0.3 is 0 Å². The van der Waals surface area contributed by atoms with Gasteiger partial charge in [-0.05, 0) is 39.9 Å². The van der Waals surface area contributed by atoms with Crippen molar-refractivity contribution in [2.75, 3.05) is 27.2 Å². The zero-order valence-corrected chi connectivity index (χ0v) is 9.91. The molecule has 0 N–H and O–H groups in total. The van der Waals surface area contributed by atoms with E-state index in [4.69, 9.17) is 0 Å². The van der Waals surface area contributed by atoms with Crippen molar-refractivity contribution in [3.63, 3.8) is 0 Å². The summed E-state index contributed by atoms with van der Waals surface area (Å²) in [6.45, 7) is 2.35. The standard InChI is InChI=1S/C12H22N2O/c1-13(2)11-4-3-7-14(9-11)10-5-6-12(15)8-10/h10-11H,3-9H2,1-2H3. The first-order valence-electron chi connectivity index (χ1n) is 6.09. The molecule has 2 aliphatic rings. The van der Waals surface area contributed by atoms with Gasteiger partial charge in [0, 0.05) is 31.5 Å². The van der Waals surface area contributed by atoms with Crippen LogP contribution in [0.1, 0.15) is 32.1 Å². The van der Waals surface area contributed by atoms with Crippen LogP contribution in [-0.4, -0.2) is 54.9 Å². The lowest BCUT2D eigenvalue weighted by Crippen LogP contribution is -2.48. The van der Waals surface area contributed by atoms with Gasteiger partial charge in [-0.1, -0.05) is 0 Å². The minimum absolute atomic E-state index is 0.465. The Morgan fingerprint density at radius 3 is 2.73 bits per heavy atom. The third-order valence-corrected chi connectivity index (χ3v) is 3.89. The minimum atomic E-state index is 0.465. The first-order valence-corrected chi connectivity index (χ1v) is 6.09. The molecule has 1 aliphatic carbocycles. The molecule has 1 heterocycles. The fraction of sp³-hybridized carbons (Fsp3) is 0.917. The highest BCUT2D eigenvalue weighted by atomic mass is 16.1. The molecular weight excluding hydrogens is 188 g/mol. The number of nitrogens with zero attached hydrogens (tertiary/aromatic N) is 2. The fourth-order valence-corrected chi connectivity index (χ4v) is 2.84. The number of carbonyl (C=O) groups is 1. The Kier molecular flexibility index (Phi) is 3.42. The molecule has 0 amide bonds. The summed E-state index contributed by atoms with van der Waals surface area (Å²) in [5.74, 6) is 0.465. The van der Waals surface area contributed by atoms with E-state index in [0.29, 0.717) is 17.9 Å². The van der Waals surface area contributed by atoms with Crippen LogP contribution in [0.5, 0.6) is 0 Å². The Labute approximate surface area is 92.4 Å². The number of likely N-dealkylation sites (N-methyl/N-ethyl adjacent to an activating group) is 1. The van der Waals surface area contributed by atoms with Crippen molar-refractivity contribution in [3.8, 4) is 0 Å². The number of piperidine rings is 1. The molecular formula is C12H22N2O. The summed E-state index contributed by atoms with van der Waals surface area (Å²) in [7, 11) is 4.32. The van der Waals surface area contributed by atoms with E-state index in [1.807, 2.05) is 0 Å². The van der Waals surface area contributed by atoms with Crippen LogP contribution in [0.15, 0.2) is 0 Å². The van der Waals surface area contributed by atoms with Crippen molar-refractivity contribution < 1.29 is 4.79 Å². The number of hydrogen-bond donors (Lipinski definition) is 0. The van der Waals surface area contributed by atoms with Crippen LogP contribution >= 0.6 is 0 Å². The van der Waals surface area contributed by atoms with E-state index in [1.54, 1.807) is 0 Å². The van der Waals surface area contributed by atoms with Gasteiger partial charge in [-0.3, -0.25) is 9.69 Å². The van der Waals surface area contributed by atoms with Crippen molar-refractivity contribution in [3.05, 3.63) is 0 Å². The van der Waals surface area contributed by atoms with E-state index in [2.05, 4.69) is 23.9 Å². The van der Waals surface area contributed by atoms with Crippen molar-refractivity contribution in [1.29, 1.82) is 0 Å². The van der Waals surface area contributed by atoms with Gasteiger partial charge in [-0.15, -0.1) is 0 Å². The molecule has 2 rings (SSSR count). The van der Waals surface area contributed by atoms with Crippen LogP contribution in [0, 0.1) is 0 Å². The van der Waals surface area contributed by atoms with Crippen LogP contribution in [-0.2, 0) is 4.79 Å². The summed E-state index contributed by atoms with van der Waals surface area (Å²) in [5.41, 5.74) is 0. The highest BCUT2D eigenvalue weighted by Crippen LogP contribution is 2.25. The van der Waals surface area contributed by atoms with Gasteiger partial charge in [0.15, 0.2) is 0 Å². The average molecular weight is 210 g/mol. The highest BCUT2D eigenvalue weighted by molar-refractivity contribution is 5.81. The summed E-state index contributed by atoms with van der Waals surface area (Å²) >= 11 is 0. The predicted molar refractivity (Wildman–Crippen MR) is 60.9 cm³/mol. The first-order chi connectivity index (χ1) is 7.16. The van der Waals surface area contributed by atoms with Crippen LogP contribution in [0.3, 0.4) is 0 Å². The summed E-state index contributed by atoms with van der Waals surface area (Å²) in [5, 5.41) is 0. The van der Waals surface area contributed by atoms with Gasteiger partial charge in [0.25, 0.3) is 0 Å². The molecule has 3 nitrogen and oxygen atoms in total. The maximum absolute atomic E-state index is 11.3. The van der Waals surface area contributed by atoms with Gasteiger partial charge in [-0.25, -0.2) is 0 Å². The number of hydrogen-bond acceptors (Lipinski definition) is 3. The molecule has 0 spiro atoms. The Morgan fingerprint density at radius 1 is 1.33 bits per heavy atom. The van der Waals surface area contributed by atoms with Crippen LogP contribution in [0.4, 0.5) is 0 Å². The smallest absolute Gasteiger partial charge is 0.134 e. The number of likely N-dealkylation sites (tertiary alicyclic amines) is 1. The molecule has 1 saturated heterocycles. The topological polar surface area (TPSA) is 23.6 Å². The zero-order valence-electron chi connectivity index (χ0n) is 9.91. The SMILES string of the molecule is CN(C)C1CCCN(C2CCC(=O)C2)C1. The second kappa shape index (κ2) is 4.62. The van der Waals surface area contributed by atoms with Crippen LogP contribution in [0.2, 0.25) is 0 Å².